The molecule has 1 unspecified atom stereocenters. The fourth-order valence-corrected chi connectivity index (χ4v) is 2.11. The minimum Gasteiger partial charge on any atom is -0.491 e. The first-order valence-corrected chi connectivity index (χ1v) is 7.62. The van der Waals surface area contributed by atoms with Gasteiger partial charge in [-0.15, -0.1) is 0 Å². The van der Waals surface area contributed by atoms with Gasteiger partial charge in [0.1, 0.15) is 12.4 Å². The van der Waals surface area contributed by atoms with Gasteiger partial charge in [0, 0.05) is 0 Å². The molecular formula is C19H24O2. The van der Waals surface area contributed by atoms with Crippen LogP contribution in [0.25, 0.3) is 0 Å². The van der Waals surface area contributed by atoms with Crippen LogP contribution in [-0.2, 0) is 12.8 Å². The number of aliphatic hydroxyl groups is 1. The van der Waals surface area contributed by atoms with E-state index in [0.717, 1.165) is 18.6 Å². The normalized spacial score (nSPS) is 12.1. The summed E-state index contributed by atoms with van der Waals surface area (Å²) in [6.07, 6.45) is 2.41. The van der Waals surface area contributed by atoms with Crippen molar-refractivity contribution in [1.29, 1.82) is 0 Å². The second kappa shape index (κ2) is 7.84. The summed E-state index contributed by atoms with van der Waals surface area (Å²) in [6, 6.07) is 16.9. The lowest BCUT2D eigenvalue weighted by atomic mass is 10.0. The van der Waals surface area contributed by atoms with Gasteiger partial charge < -0.3 is 9.84 Å². The Kier molecular flexibility index (Phi) is 5.82. The third-order valence-corrected chi connectivity index (χ3v) is 3.66. The maximum atomic E-state index is 9.48. The largest absolute Gasteiger partial charge is 0.491 e. The molecular weight excluding hydrogens is 260 g/mol. The van der Waals surface area contributed by atoms with Gasteiger partial charge in [-0.1, -0.05) is 48.9 Å². The van der Waals surface area contributed by atoms with Crippen LogP contribution in [-0.4, -0.2) is 17.8 Å². The highest BCUT2D eigenvalue weighted by atomic mass is 16.5. The van der Waals surface area contributed by atoms with Crippen LogP contribution >= 0.6 is 0 Å². The minimum atomic E-state index is -0.383. The van der Waals surface area contributed by atoms with Gasteiger partial charge in [-0.2, -0.15) is 0 Å². The van der Waals surface area contributed by atoms with E-state index in [1.54, 1.807) is 0 Å². The second-order valence-corrected chi connectivity index (χ2v) is 5.50. The quantitative estimate of drug-likeness (QED) is 0.834. The van der Waals surface area contributed by atoms with Crippen LogP contribution in [0.1, 0.15) is 30.0 Å². The SMILES string of the molecule is CCC(O)COc1ccc(CCc2ccc(C)cc2)cc1. The Morgan fingerprint density at radius 3 is 1.95 bits per heavy atom. The molecule has 0 aromatic heterocycles. The third kappa shape index (κ3) is 5.24. The summed E-state index contributed by atoms with van der Waals surface area (Å²) in [6.45, 7) is 4.42. The zero-order chi connectivity index (χ0) is 15.1. The topological polar surface area (TPSA) is 29.5 Å². The van der Waals surface area contributed by atoms with E-state index >= 15 is 0 Å². The minimum absolute atomic E-state index is 0.360. The zero-order valence-electron chi connectivity index (χ0n) is 12.9. The van der Waals surface area contributed by atoms with Crippen molar-refractivity contribution in [1.82, 2.24) is 0 Å². The average molecular weight is 284 g/mol. The Hall–Kier alpha value is -1.80. The molecule has 1 atom stereocenters. The smallest absolute Gasteiger partial charge is 0.119 e. The van der Waals surface area contributed by atoms with Crippen LogP contribution < -0.4 is 4.74 Å². The number of aryl methyl sites for hydroxylation is 3. The van der Waals surface area contributed by atoms with Gasteiger partial charge in [-0.25, -0.2) is 0 Å². The summed E-state index contributed by atoms with van der Waals surface area (Å²) in [5, 5.41) is 9.48. The third-order valence-electron chi connectivity index (χ3n) is 3.66. The molecule has 0 heterocycles. The molecule has 2 aromatic carbocycles. The molecule has 0 aliphatic rings. The van der Waals surface area contributed by atoms with Gasteiger partial charge >= 0.3 is 0 Å². The first kappa shape index (κ1) is 15.6. The Balaban J connectivity index is 1.83. The molecule has 2 rings (SSSR count). The van der Waals surface area contributed by atoms with E-state index in [9.17, 15) is 5.11 Å². The summed E-state index contributed by atoms with van der Waals surface area (Å²) in [5.41, 5.74) is 3.97. The van der Waals surface area contributed by atoms with E-state index in [4.69, 9.17) is 4.74 Å². The Morgan fingerprint density at radius 2 is 1.43 bits per heavy atom. The molecule has 0 aliphatic carbocycles. The summed E-state index contributed by atoms with van der Waals surface area (Å²) in [7, 11) is 0. The second-order valence-electron chi connectivity index (χ2n) is 5.50. The molecule has 21 heavy (non-hydrogen) atoms. The lowest BCUT2D eigenvalue weighted by Crippen LogP contribution is -2.15. The highest BCUT2D eigenvalue weighted by Gasteiger charge is 2.02. The first-order chi connectivity index (χ1) is 10.2. The van der Waals surface area contributed by atoms with Gasteiger partial charge in [0.25, 0.3) is 0 Å². The van der Waals surface area contributed by atoms with Crippen molar-refractivity contribution in [2.75, 3.05) is 6.61 Å². The molecule has 0 saturated heterocycles. The molecule has 1 N–H and O–H groups in total. The molecule has 112 valence electrons. The van der Waals surface area contributed by atoms with Crippen molar-refractivity contribution in [2.45, 2.75) is 39.2 Å². The highest BCUT2D eigenvalue weighted by molar-refractivity contribution is 5.28. The predicted molar refractivity (Wildman–Crippen MR) is 86.8 cm³/mol. The van der Waals surface area contributed by atoms with Gasteiger partial charge in [0.05, 0.1) is 6.10 Å². The van der Waals surface area contributed by atoms with Gasteiger partial charge in [-0.3, -0.25) is 0 Å². The Labute approximate surface area is 127 Å². The predicted octanol–water partition coefficient (Wildman–Crippen LogP) is 3.93. The molecule has 2 aromatic rings. The molecule has 0 fully saturated rings. The number of ether oxygens (including phenoxy) is 1. The Morgan fingerprint density at radius 1 is 0.905 bits per heavy atom. The molecule has 0 amide bonds. The number of aliphatic hydroxyl groups excluding tert-OH is 1. The van der Waals surface area contributed by atoms with Crippen molar-refractivity contribution in [3.63, 3.8) is 0 Å². The van der Waals surface area contributed by atoms with Crippen LogP contribution in [0.5, 0.6) is 5.75 Å². The summed E-state index contributed by atoms with van der Waals surface area (Å²) < 4.78 is 5.54. The van der Waals surface area contributed by atoms with Gasteiger partial charge in [0.2, 0.25) is 0 Å². The van der Waals surface area contributed by atoms with Crippen LogP contribution in [0.3, 0.4) is 0 Å². The van der Waals surface area contributed by atoms with Crippen LogP contribution in [0.15, 0.2) is 48.5 Å². The fourth-order valence-electron chi connectivity index (χ4n) is 2.11. The lowest BCUT2D eigenvalue weighted by molar-refractivity contribution is 0.104. The molecule has 0 aliphatic heterocycles. The van der Waals surface area contributed by atoms with E-state index in [2.05, 4.69) is 43.3 Å². The van der Waals surface area contributed by atoms with E-state index in [1.165, 1.54) is 16.7 Å². The monoisotopic (exact) mass is 284 g/mol. The summed E-state index contributed by atoms with van der Waals surface area (Å²) in [4.78, 5) is 0. The molecule has 0 radical (unpaired) electrons. The van der Waals surface area contributed by atoms with Crippen molar-refractivity contribution in [2.24, 2.45) is 0 Å². The van der Waals surface area contributed by atoms with Crippen LogP contribution in [0, 0.1) is 6.92 Å². The fraction of sp³-hybridized carbons (Fsp3) is 0.368. The van der Waals surface area contributed by atoms with E-state index < -0.39 is 0 Å². The summed E-state index contributed by atoms with van der Waals surface area (Å²) >= 11 is 0. The van der Waals surface area contributed by atoms with Crippen molar-refractivity contribution in [3.8, 4) is 5.75 Å². The van der Waals surface area contributed by atoms with Crippen LogP contribution in [0.2, 0.25) is 0 Å². The van der Waals surface area contributed by atoms with Crippen LogP contribution in [0.4, 0.5) is 0 Å². The van der Waals surface area contributed by atoms with Crippen molar-refractivity contribution in [3.05, 3.63) is 65.2 Å². The Bertz CT molecular complexity index is 528. The first-order valence-electron chi connectivity index (χ1n) is 7.62. The van der Waals surface area contributed by atoms with Crippen molar-refractivity contribution < 1.29 is 9.84 Å². The maximum Gasteiger partial charge on any atom is 0.119 e. The van der Waals surface area contributed by atoms with E-state index in [-0.39, 0.29) is 6.10 Å². The lowest BCUT2D eigenvalue weighted by Gasteiger charge is -2.10. The number of hydrogen-bond donors (Lipinski definition) is 1. The van der Waals surface area contributed by atoms with Gasteiger partial charge in [0.15, 0.2) is 0 Å². The average Bonchev–Trinajstić information content (AvgIpc) is 2.53. The molecule has 2 nitrogen and oxygen atoms in total. The standard InChI is InChI=1S/C19H24O2/c1-3-18(20)14-21-19-12-10-17(11-13-19)9-8-16-6-4-15(2)5-7-16/h4-7,10-13,18,20H,3,8-9,14H2,1-2H3. The number of hydrogen-bond acceptors (Lipinski definition) is 2. The molecule has 0 bridgehead atoms. The summed E-state index contributed by atoms with van der Waals surface area (Å²) in [5.74, 6) is 0.821. The highest BCUT2D eigenvalue weighted by Crippen LogP contribution is 2.15. The number of benzene rings is 2. The molecule has 2 heteroatoms. The van der Waals surface area contributed by atoms with E-state index in [1.807, 2.05) is 19.1 Å². The van der Waals surface area contributed by atoms with Gasteiger partial charge in [-0.05, 0) is 49.4 Å². The maximum absolute atomic E-state index is 9.48. The zero-order valence-corrected chi connectivity index (χ0v) is 12.9. The molecule has 0 saturated carbocycles. The van der Waals surface area contributed by atoms with E-state index in [0.29, 0.717) is 13.0 Å². The molecule has 0 spiro atoms. The van der Waals surface area contributed by atoms with Crippen molar-refractivity contribution >= 4 is 0 Å². The number of rotatable bonds is 7.